The van der Waals surface area contributed by atoms with E-state index in [1.165, 1.54) is 49.2 Å². The first-order chi connectivity index (χ1) is 30.0. The molecular formula is C45H68N4O14S. The summed E-state index contributed by atoms with van der Waals surface area (Å²) in [6.45, 7) is 11.3. The van der Waals surface area contributed by atoms with E-state index in [9.17, 15) is 52.7 Å². The zero-order chi connectivity index (χ0) is 49.3. The van der Waals surface area contributed by atoms with Crippen molar-refractivity contribution in [3.05, 3.63) is 42.5 Å². The van der Waals surface area contributed by atoms with Gasteiger partial charge in [-0.2, -0.15) is 0 Å². The molecule has 0 bridgehead atoms. The molecule has 6 rings (SSSR count). The van der Waals surface area contributed by atoms with Gasteiger partial charge in [-0.05, 0) is 71.2 Å². The minimum atomic E-state index is -0.814. The first-order valence-corrected chi connectivity index (χ1v) is 21.6. The molecule has 0 radical (unpaired) electrons. The lowest BCUT2D eigenvalue weighted by molar-refractivity contribution is -0.136. The smallest absolute Gasteiger partial charge is 0.328 e. The zero-order valence-electron chi connectivity index (χ0n) is 38.0. The van der Waals surface area contributed by atoms with E-state index in [-0.39, 0.29) is 98.6 Å². The van der Waals surface area contributed by atoms with Crippen molar-refractivity contribution in [2.24, 2.45) is 0 Å². The van der Waals surface area contributed by atoms with Gasteiger partial charge in [-0.15, -0.1) is 12.6 Å². The van der Waals surface area contributed by atoms with E-state index in [1.807, 2.05) is 41.0 Å². The number of thiol groups is 1. The Labute approximate surface area is 381 Å². The van der Waals surface area contributed by atoms with Gasteiger partial charge >= 0.3 is 6.03 Å². The molecule has 18 nitrogen and oxygen atoms in total. The van der Waals surface area contributed by atoms with E-state index in [2.05, 4.69) is 31.8 Å². The fourth-order valence-electron chi connectivity index (χ4n) is 5.17. The van der Waals surface area contributed by atoms with E-state index < -0.39 is 28.9 Å². The van der Waals surface area contributed by atoms with E-state index in [1.54, 1.807) is 27.7 Å². The molecule has 64 heavy (non-hydrogen) atoms. The lowest BCUT2D eigenvalue weighted by atomic mass is 10.0. The van der Waals surface area contributed by atoms with Crippen LogP contribution in [0, 0.1) is 0 Å². The molecule has 3 heterocycles. The first-order valence-electron chi connectivity index (χ1n) is 21.2. The van der Waals surface area contributed by atoms with Crippen LogP contribution >= 0.6 is 12.6 Å². The number of hydrogen-bond acceptors (Lipinski definition) is 15. The van der Waals surface area contributed by atoms with E-state index >= 15 is 0 Å². The van der Waals surface area contributed by atoms with Crippen molar-refractivity contribution in [1.29, 1.82) is 0 Å². The highest BCUT2D eigenvalue weighted by atomic mass is 32.1. The molecule has 0 aromatic heterocycles. The van der Waals surface area contributed by atoms with Crippen LogP contribution in [0.4, 0.5) is 4.79 Å². The predicted octanol–water partition coefficient (Wildman–Crippen LogP) is 3.60. The van der Waals surface area contributed by atoms with Crippen LogP contribution in [0.2, 0.25) is 0 Å². The average molecular weight is 921 g/mol. The van der Waals surface area contributed by atoms with Gasteiger partial charge in [0.2, 0.25) is 23.6 Å². The van der Waals surface area contributed by atoms with Crippen LogP contribution in [-0.4, -0.2) is 116 Å². The van der Waals surface area contributed by atoms with Gasteiger partial charge < -0.3 is 25.5 Å². The van der Waals surface area contributed by atoms with Crippen LogP contribution in [0.1, 0.15) is 138 Å². The number of carbonyl (C=O) groups is 11. The number of unbranched alkanes of at least 4 members (excludes halogenated alkanes) is 6. The van der Waals surface area contributed by atoms with E-state index in [4.69, 9.17) is 15.3 Å². The van der Waals surface area contributed by atoms with Crippen LogP contribution in [0.15, 0.2) is 47.4 Å². The normalized spacial score (nSPS) is 17.4. The summed E-state index contributed by atoms with van der Waals surface area (Å²) in [6, 6.07) is 9.05. The van der Waals surface area contributed by atoms with Crippen LogP contribution in [0.25, 0.3) is 0 Å². The number of carbonyl (C=O) groups excluding carboxylic acids is 11. The second-order valence-electron chi connectivity index (χ2n) is 15.6. The zero-order valence-corrected chi connectivity index (χ0v) is 38.9. The molecule has 6 N–H and O–H groups in total. The number of barbiturate groups is 1. The van der Waals surface area contributed by atoms with Gasteiger partial charge in [0.05, 0.1) is 36.8 Å². The molecule has 1 aromatic rings. The molecule has 358 valence electrons. The highest BCUT2D eigenvalue weighted by Crippen LogP contribution is 2.24. The molecule has 3 saturated heterocycles. The van der Waals surface area contributed by atoms with Crippen molar-refractivity contribution in [3.8, 4) is 0 Å². The van der Waals surface area contributed by atoms with Gasteiger partial charge in [-0.3, -0.25) is 58.6 Å². The maximum atomic E-state index is 11.1. The molecule has 2 aliphatic carbocycles. The highest BCUT2D eigenvalue weighted by molar-refractivity contribution is 7.80. The van der Waals surface area contributed by atoms with Gasteiger partial charge in [-0.25, -0.2) is 4.79 Å². The Balaban J connectivity index is 0. The Bertz CT molecular complexity index is 1650. The Morgan fingerprint density at radius 1 is 0.578 bits per heavy atom. The van der Waals surface area contributed by atoms with Crippen LogP contribution < -0.4 is 16.0 Å². The number of imide groups is 2. The van der Waals surface area contributed by atoms with Crippen molar-refractivity contribution in [2.45, 2.75) is 154 Å². The van der Waals surface area contributed by atoms with Gasteiger partial charge in [0.15, 0.2) is 23.1 Å². The molecule has 0 spiro atoms. The number of aliphatic hydroxyl groups excluding tert-OH is 3. The van der Waals surface area contributed by atoms with Crippen molar-refractivity contribution in [3.63, 3.8) is 0 Å². The molecule has 1 saturated carbocycles. The number of allylic oxidation sites excluding steroid dienone is 2. The van der Waals surface area contributed by atoms with Gasteiger partial charge in [0, 0.05) is 31.0 Å². The van der Waals surface area contributed by atoms with Crippen LogP contribution in [0.3, 0.4) is 0 Å². The summed E-state index contributed by atoms with van der Waals surface area (Å²) in [5, 5.41) is 31.5. The van der Waals surface area contributed by atoms with Crippen LogP contribution in [-0.2, 0) is 47.9 Å². The van der Waals surface area contributed by atoms with Gasteiger partial charge in [-0.1, -0.05) is 64.2 Å². The summed E-state index contributed by atoms with van der Waals surface area (Å²) < 4.78 is 0. The number of Topliss-reactive ketones (excluding diaryl/α,β-unsaturated/α-hetero) is 4. The molecule has 4 fully saturated rings. The molecule has 6 amide bonds. The third-order valence-electron chi connectivity index (χ3n) is 9.07. The number of urea groups is 1. The van der Waals surface area contributed by atoms with Crippen molar-refractivity contribution < 1.29 is 68.1 Å². The Morgan fingerprint density at radius 3 is 1.27 bits per heavy atom. The second kappa shape index (κ2) is 34.2. The Hall–Kier alpha value is -5.24. The number of likely N-dealkylation sites (tertiary alicyclic amines) is 1. The third kappa shape index (κ3) is 29.2. The number of rotatable bonds is 9. The van der Waals surface area contributed by atoms with Crippen molar-refractivity contribution >= 4 is 77.0 Å². The lowest BCUT2D eigenvalue weighted by Gasteiger charge is -2.27. The number of ketones is 6. The molecule has 0 unspecified atom stereocenters. The third-order valence-corrected chi connectivity index (χ3v) is 9.37. The average Bonchev–Trinajstić information content (AvgIpc) is 3.91. The molecule has 3 aliphatic heterocycles. The maximum absolute atomic E-state index is 11.1. The maximum Gasteiger partial charge on any atom is 0.328 e. The second-order valence-corrected chi connectivity index (χ2v) is 16.1. The fraction of sp³-hybridized carbons (Fsp3) is 0.578. The number of nitrogens with one attached hydrogen (secondary N) is 3. The van der Waals surface area contributed by atoms with Crippen molar-refractivity contribution in [1.82, 2.24) is 20.9 Å². The number of amides is 6. The number of nitrogens with zero attached hydrogens (tertiary/aromatic N) is 1. The fourth-order valence-corrected chi connectivity index (χ4v) is 5.34. The standard InChI is InChI=1S/C7H11NO3.C7H16.C6H9NO2.C6H6S.C5H6O2.C5H4O2.C5H12O2.C4H4N2O3/c1-7(2)5(10)3-6(11)8(7)4-9;1-3-5-7-6-4-2;1-6(2)4(8)3-5(9)7-6;7-6-4-2-1-3-5-6;2*6-4-1-2-5(7)3-4;6-4-2-1-3-5-7;7-2-1-3(8)6-4(9)5-2/h9H,3-4H2,1-2H3;3-7H2,1-2H3;3H2,1-2H3,(H,7,9);1-5,7H;1-3H2;1-2H,3H2;6-7H,1-5H2;1H2,(H2,5,6,7,8,9). The van der Waals surface area contributed by atoms with Crippen LogP contribution in [0.5, 0.6) is 0 Å². The largest absolute Gasteiger partial charge is 0.396 e. The summed E-state index contributed by atoms with van der Waals surface area (Å²) >= 11 is 4.08. The quantitative estimate of drug-likeness (QED) is 0.106. The molecular weight excluding hydrogens is 853 g/mol. The molecule has 0 atom stereocenters. The number of aliphatic hydroxyl groups is 3. The highest BCUT2D eigenvalue weighted by Gasteiger charge is 2.44. The minimum Gasteiger partial charge on any atom is -0.396 e. The predicted molar refractivity (Wildman–Crippen MR) is 240 cm³/mol. The topological polar surface area (TPSA) is 288 Å². The van der Waals surface area contributed by atoms with Gasteiger partial charge in [0.1, 0.15) is 24.7 Å². The summed E-state index contributed by atoms with van der Waals surface area (Å²) in [4.78, 5) is 117. The minimum absolute atomic E-state index is 0.0208. The van der Waals surface area contributed by atoms with E-state index in [0.29, 0.717) is 12.8 Å². The summed E-state index contributed by atoms with van der Waals surface area (Å²) in [5.74, 6) is -1.66. The molecule has 19 heteroatoms. The van der Waals surface area contributed by atoms with E-state index in [0.717, 1.165) is 24.2 Å². The first kappa shape index (κ1) is 60.8. The monoisotopic (exact) mass is 920 g/mol. The van der Waals surface area contributed by atoms with Gasteiger partial charge in [0.25, 0.3) is 0 Å². The summed E-state index contributed by atoms with van der Waals surface area (Å²) in [7, 11) is 0. The molecule has 1 aromatic carbocycles. The Kier molecular flexibility index (Phi) is 32.5. The number of benzene rings is 1. The Morgan fingerprint density at radius 2 is 1.05 bits per heavy atom. The summed E-state index contributed by atoms with van der Waals surface area (Å²) in [6.07, 6.45) is 13.2. The van der Waals surface area contributed by atoms with Crippen molar-refractivity contribution in [2.75, 3.05) is 19.9 Å². The SMILES string of the molecule is CC1(C)C(=O)CC(=O)N1CO.CC1(C)NC(=O)CC1=O.CCCCCCC.O=C1C=CC(=O)C1.O=C1CC(=O)NC(=O)N1.O=C1CCC(=O)C1.OCCCCCO.Sc1ccccc1. The summed E-state index contributed by atoms with van der Waals surface area (Å²) in [5.41, 5.74) is -1.43. The molecule has 5 aliphatic rings. The lowest BCUT2D eigenvalue weighted by Crippen LogP contribution is -2.49. The number of hydrogen-bond donors (Lipinski definition) is 7.